The maximum atomic E-state index is 5.64. The average Bonchev–Trinajstić information content (AvgIpc) is 3.49. The molecule has 1 aliphatic heterocycles. The second-order valence-electron chi connectivity index (χ2n) is 7.92. The fourth-order valence-corrected chi connectivity index (χ4v) is 5.00. The molecule has 0 bridgehead atoms. The van der Waals surface area contributed by atoms with Crippen molar-refractivity contribution in [2.24, 2.45) is 5.16 Å². The summed E-state index contributed by atoms with van der Waals surface area (Å²) in [5, 5.41) is 5.41. The fraction of sp³-hybridized carbons (Fsp3) is 0.417. The van der Waals surface area contributed by atoms with E-state index in [1.165, 1.54) is 5.56 Å². The summed E-state index contributed by atoms with van der Waals surface area (Å²) in [6.07, 6.45) is 8.15. The van der Waals surface area contributed by atoms with Gasteiger partial charge in [-0.2, -0.15) is 0 Å². The number of rotatable bonds is 7. The average molecular weight is 451 g/mol. The summed E-state index contributed by atoms with van der Waals surface area (Å²) in [5.41, 5.74) is 6.03. The highest BCUT2D eigenvalue weighted by Crippen LogP contribution is 2.35. The van der Waals surface area contributed by atoms with Gasteiger partial charge in [0.05, 0.1) is 35.2 Å². The number of thiazole rings is 1. The largest absolute Gasteiger partial charge is 0.396 e. The Morgan fingerprint density at radius 1 is 1.16 bits per heavy atom. The lowest BCUT2D eigenvalue weighted by Gasteiger charge is -2.17. The van der Waals surface area contributed by atoms with E-state index in [0.717, 1.165) is 70.3 Å². The molecule has 7 nitrogen and oxygen atoms in total. The molecule has 32 heavy (non-hydrogen) atoms. The van der Waals surface area contributed by atoms with Crippen molar-refractivity contribution in [2.75, 3.05) is 19.8 Å². The first-order valence-electron chi connectivity index (χ1n) is 11.1. The number of aromatic nitrogens is 3. The van der Waals surface area contributed by atoms with Crippen LogP contribution in [0.25, 0.3) is 21.1 Å². The number of hydrogen-bond acceptors (Lipinski definition) is 8. The molecule has 0 spiro atoms. The van der Waals surface area contributed by atoms with E-state index < -0.39 is 0 Å². The quantitative estimate of drug-likeness (QED) is 0.381. The zero-order valence-electron chi connectivity index (χ0n) is 18.1. The normalized spacial score (nSPS) is 17.6. The first-order valence-corrected chi connectivity index (χ1v) is 11.9. The zero-order valence-corrected chi connectivity index (χ0v) is 18.9. The van der Waals surface area contributed by atoms with Crippen LogP contribution in [0.3, 0.4) is 0 Å². The highest BCUT2D eigenvalue weighted by Gasteiger charge is 2.21. The minimum Gasteiger partial charge on any atom is -0.396 e. The van der Waals surface area contributed by atoms with E-state index >= 15 is 0 Å². The number of aryl methyl sites for hydroxylation is 2. The molecule has 166 valence electrons. The molecule has 1 fully saturated rings. The molecule has 1 aliphatic carbocycles. The molecular weight excluding hydrogens is 424 g/mol. The Morgan fingerprint density at radius 3 is 2.91 bits per heavy atom. The monoisotopic (exact) mass is 450 g/mol. The molecule has 2 aliphatic rings. The van der Waals surface area contributed by atoms with Gasteiger partial charge in [0, 0.05) is 24.4 Å². The predicted octanol–water partition coefficient (Wildman–Crippen LogP) is 4.79. The maximum Gasteiger partial charge on any atom is 0.157 e. The maximum absolute atomic E-state index is 5.64. The third-order valence-electron chi connectivity index (χ3n) is 5.59. The molecule has 0 N–H and O–H groups in total. The second kappa shape index (κ2) is 9.85. The molecular formula is C24H26N4O3S. The highest BCUT2D eigenvalue weighted by atomic mass is 32.1. The summed E-state index contributed by atoms with van der Waals surface area (Å²) in [6.45, 7) is 3.94. The lowest BCUT2D eigenvalue weighted by atomic mass is 9.94. The topological polar surface area (TPSA) is 78.7 Å². The van der Waals surface area contributed by atoms with Crippen molar-refractivity contribution in [3.05, 3.63) is 53.6 Å². The molecule has 0 radical (unpaired) electrons. The molecule has 4 heterocycles. The number of oxime groups is 1. The minimum absolute atomic E-state index is 0.0925. The Labute approximate surface area is 191 Å². The highest BCUT2D eigenvalue weighted by molar-refractivity contribution is 7.18. The number of fused-ring (bicyclic) bond motifs is 1. The molecule has 8 heteroatoms. The van der Waals surface area contributed by atoms with Gasteiger partial charge in [-0.15, -0.1) is 11.3 Å². The Morgan fingerprint density at radius 2 is 2.06 bits per heavy atom. The van der Waals surface area contributed by atoms with Crippen molar-refractivity contribution in [1.29, 1.82) is 0 Å². The van der Waals surface area contributed by atoms with Gasteiger partial charge >= 0.3 is 0 Å². The van der Waals surface area contributed by atoms with Gasteiger partial charge in [-0.05, 0) is 56.4 Å². The molecule has 1 saturated heterocycles. The lowest BCUT2D eigenvalue weighted by molar-refractivity contribution is -0.0515. The first-order chi connectivity index (χ1) is 15.8. The van der Waals surface area contributed by atoms with E-state index in [2.05, 4.69) is 22.3 Å². The van der Waals surface area contributed by atoms with Gasteiger partial charge in [-0.25, -0.2) is 9.97 Å². The Kier molecular flexibility index (Phi) is 6.52. The summed E-state index contributed by atoms with van der Waals surface area (Å²) in [5.74, 6) is 0. The molecule has 3 aromatic rings. The standard InChI is InChI=1S/C24H26N4O3S/c1-16-23(32-24(26-16)18-6-3-11-25-15-18)20-10-9-17-5-2-7-19(22(17)27-20)28-31-12-4-8-21-29-13-14-30-21/h3,6,9-11,15,21H,2,4-5,7-8,12-14H2,1H3. The fourth-order valence-electron chi connectivity index (χ4n) is 3.98. The van der Waals surface area contributed by atoms with Gasteiger partial charge < -0.3 is 14.3 Å². The summed E-state index contributed by atoms with van der Waals surface area (Å²) in [7, 11) is 0. The Bertz CT molecular complexity index is 1090. The van der Waals surface area contributed by atoms with Crippen LogP contribution in [0, 0.1) is 6.92 Å². The summed E-state index contributed by atoms with van der Waals surface area (Å²) in [4.78, 5) is 20.7. The van der Waals surface area contributed by atoms with Gasteiger partial charge in [0.1, 0.15) is 17.3 Å². The molecule has 0 aromatic carbocycles. The molecule has 0 atom stereocenters. The number of ether oxygens (including phenoxy) is 2. The van der Waals surface area contributed by atoms with Crippen LogP contribution in [0.5, 0.6) is 0 Å². The van der Waals surface area contributed by atoms with Crippen LogP contribution in [-0.4, -0.2) is 46.8 Å². The molecule has 0 unspecified atom stereocenters. The predicted molar refractivity (Wildman–Crippen MR) is 124 cm³/mol. The lowest BCUT2D eigenvalue weighted by Crippen LogP contribution is -2.15. The summed E-state index contributed by atoms with van der Waals surface area (Å²) >= 11 is 1.65. The number of nitrogens with zero attached hydrogens (tertiary/aromatic N) is 4. The van der Waals surface area contributed by atoms with Crippen LogP contribution < -0.4 is 0 Å². The van der Waals surface area contributed by atoms with Gasteiger partial charge in [-0.1, -0.05) is 11.2 Å². The number of pyridine rings is 2. The van der Waals surface area contributed by atoms with E-state index in [4.69, 9.17) is 24.3 Å². The molecule has 0 saturated carbocycles. The van der Waals surface area contributed by atoms with Crippen LogP contribution in [0.15, 0.2) is 41.8 Å². The van der Waals surface area contributed by atoms with E-state index in [1.807, 2.05) is 25.3 Å². The van der Waals surface area contributed by atoms with Crippen molar-refractivity contribution < 1.29 is 14.3 Å². The smallest absolute Gasteiger partial charge is 0.157 e. The minimum atomic E-state index is -0.0925. The molecule has 5 rings (SSSR count). The third-order valence-corrected chi connectivity index (χ3v) is 6.82. The molecule has 0 amide bonds. The van der Waals surface area contributed by atoms with Crippen LogP contribution in [0.2, 0.25) is 0 Å². The van der Waals surface area contributed by atoms with Crippen molar-refractivity contribution in [1.82, 2.24) is 15.0 Å². The zero-order chi connectivity index (χ0) is 21.8. The van der Waals surface area contributed by atoms with E-state index in [-0.39, 0.29) is 6.29 Å². The van der Waals surface area contributed by atoms with Crippen molar-refractivity contribution >= 4 is 17.0 Å². The second-order valence-corrected chi connectivity index (χ2v) is 8.92. The SMILES string of the molecule is Cc1nc(-c2cccnc2)sc1-c1ccc2c(n1)C(=NOCCCC1OCCO1)CCC2. The van der Waals surface area contributed by atoms with E-state index in [1.54, 1.807) is 17.5 Å². The van der Waals surface area contributed by atoms with Crippen molar-refractivity contribution in [2.45, 2.75) is 45.3 Å². The van der Waals surface area contributed by atoms with Gasteiger partial charge in [-0.3, -0.25) is 4.98 Å². The van der Waals surface area contributed by atoms with E-state index in [0.29, 0.717) is 19.8 Å². The Hall–Kier alpha value is -2.68. The molecule has 3 aromatic heterocycles. The number of hydrogen-bond donors (Lipinski definition) is 0. The third kappa shape index (κ3) is 4.72. The first kappa shape index (κ1) is 21.2. The summed E-state index contributed by atoms with van der Waals surface area (Å²) in [6, 6.07) is 8.23. The van der Waals surface area contributed by atoms with Crippen LogP contribution in [0.1, 0.15) is 42.6 Å². The van der Waals surface area contributed by atoms with Gasteiger partial charge in [0.15, 0.2) is 6.29 Å². The van der Waals surface area contributed by atoms with Crippen LogP contribution in [0.4, 0.5) is 0 Å². The van der Waals surface area contributed by atoms with E-state index in [9.17, 15) is 0 Å². The van der Waals surface area contributed by atoms with Gasteiger partial charge in [0.2, 0.25) is 0 Å². The van der Waals surface area contributed by atoms with Crippen molar-refractivity contribution in [3.8, 4) is 21.1 Å². The van der Waals surface area contributed by atoms with Crippen LogP contribution in [-0.2, 0) is 20.7 Å². The summed E-state index contributed by atoms with van der Waals surface area (Å²) < 4.78 is 10.9. The van der Waals surface area contributed by atoms with Crippen LogP contribution >= 0.6 is 11.3 Å². The van der Waals surface area contributed by atoms with Crippen molar-refractivity contribution in [3.63, 3.8) is 0 Å². The van der Waals surface area contributed by atoms with Gasteiger partial charge in [0.25, 0.3) is 0 Å². The Balaban J connectivity index is 1.32.